The van der Waals surface area contributed by atoms with E-state index in [1.54, 1.807) is 20.0 Å². The Balaban J connectivity index is 2.66. The lowest BCUT2D eigenvalue weighted by atomic mass is 9.99. The van der Waals surface area contributed by atoms with Crippen molar-refractivity contribution in [3.05, 3.63) is 23.8 Å². The molecule has 0 saturated carbocycles. The summed E-state index contributed by atoms with van der Waals surface area (Å²) < 4.78 is 0. The number of amides is 1. The van der Waals surface area contributed by atoms with E-state index in [0.717, 1.165) is 5.56 Å². The summed E-state index contributed by atoms with van der Waals surface area (Å²) >= 11 is 0. The molecule has 5 nitrogen and oxygen atoms in total. The van der Waals surface area contributed by atoms with Crippen molar-refractivity contribution in [2.75, 3.05) is 20.2 Å². The third-order valence-corrected chi connectivity index (χ3v) is 2.81. The Labute approximate surface area is 106 Å². The zero-order chi connectivity index (χ0) is 13.7. The third-order valence-electron chi connectivity index (χ3n) is 2.81. The van der Waals surface area contributed by atoms with Crippen LogP contribution in [0.2, 0.25) is 0 Å². The van der Waals surface area contributed by atoms with Crippen molar-refractivity contribution in [3.8, 4) is 11.5 Å². The Morgan fingerprint density at radius 3 is 2.56 bits per heavy atom. The van der Waals surface area contributed by atoms with Gasteiger partial charge in [0.1, 0.15) is 0 Å². The molecule has 0 bridgehead atoms. The van der Waals surface area contributed by atoms with Gasteiger partial charge in [-0.3, -0.25) is 4.79 Å². The van der Waals surface area contributed by atoms with E-state index in [1.807, 2.05) is 0 Å². The van der Waals surface area contributed by atoms with Gasteiger partial charge in [-0.25, -0.2) is 0 Å². The molecule has 1 aromatic carbocycles. The number of nitrogens with zero attached hydrogens (tertiary/aromatic N) is 1. The van der Waals surface area contributed by atoms with Gasteiger partial charge in [0.05, 0.1) is 6.61 Å². The molecule has 0 aromatic heterocycles. The van der Waals surface area contributed by atoms with Gasteiger partial charge >= 0.3 is 0 Å². The molecule has 0 aliphatic heterocycles. The number of likely N-dealkylation sites (N-methyl/N-ethyl adjacent to an activating group) is 1. The molecule has 0 aliphatic rings. The highest BCUT2D eigenvalue weighted by Crippen LogP contribution is 2.26. The highest BCUT2D eigenvalue weighted by Gasteiger charge is 2.17. The van der Waals surface area contributed by atoms with Gasteiger partial charge in [-0.1, -0.05) is 13.0 Å². The fourth-order valence-electron chi connectivity index (χ4n) is 1.77. The number of phenols is 2. The summed E-state index contributed by atoms with van der Waals surface area (Å²) in [4.78, 5) is 13.4. The van der Waals surface area contributed by atoms with Crippen molar-refractivity contribution in [2.45, 2.75) is 13.3 Å². The molecule has 0 saturated heterocycles. The molecule has 0 spiro atoms. The normalized spacial score (nSPS) is 12.2. The highest BCUT2D eigenvalue weighted by molar-refractivity contribution is 5.78. The minimum Gasteiger partial charge on any atom is -0.504 e. The fourth-order valence-corrected chi connectivity index (χ4v) is 1.77. The Hall–Kier alpha value is -1.75. The minimum absolute atomic E-state index is 0.0587. The molecule has 0 radical (unpaired) electrons. The van der Waals surface area contributed by atoms with Crippen LogP contribution in [0.3, 0.4) is 0 Å². The lowest BCUT2D eigenvalue weighted by molar-refractivity contribution is -0.134. The van der Waals surface area contributed by atoms with Gasteiger partial charge in [0.2, 0.25) is 5.91 Å². The molecule has 0 aliphatic carbocycles. The molecule has 100 valence electrons. The third kappa shape index (κ3) is 3.63. The van der Waals surface area contributed by atoms with Crippen molar-refractivity contribution in [3.63, 3.8) is 0 Å². The number of benzene rings is 1. The van der Waals surface area contributed by atoms with E-state index < -0.39 is 0 Å². The van der Waals surface area contributed by atoms with Gasteiger partial charge in [0.25, 0.3) is 0 Å². The Morgan fingerprint density at radius 1 is 1.33 bits per heavy atom. The summed E-state index contributed by atoms with van der Waals surface area (Å²) in [6.07, 6.45) is 0.475. The number of aliphatic hydroxyl groups is 1. The molecule has 1 atom stereocenters. The molecule has 1 aromatic rings. The van der Waals surface area contributed by atoms with Gasteiger partial charge in [-0.2, -0.15) is 0 Å². The second-order valence-corrected chi connectivity index (χ2v) is 4.41. The molecule has 0 fully saturated rings. The van der Waals surface area contributed by atoms with E-state index in [4.69, 9.17) is 5.11 Å². The molecule has 1 rings (SSSR count). The van der Waals surface area contributed by atoms with Crippen LogP contribution in [0.5, 0.6) is 11.5 Å². The summed E-state index contributed by atoms with van der Waals surface area (Å²) in [5.41, 5.74) is 0.781. The van der Waals surface area contributed by atoms with Crippen molar-refractivity contribution in [1.29, 1.82) is 0 Å². The fraction of sp³-hybridized carbons (Fsp3) is 0.462. The molecule has 18 heavy (non-hydrogen) atoms. The number of carbonyl (C=O) groups excluding carboxylic acids is 1. The van der Waals surface area contributed by atoms with Crippen molar-refractivity contribution < 1.29 is 20.1 Å². The molecule has 3 N–H and O–H groups in total. The lowest BCUT2D eigenvalue weighted by Crippen LogP contribution is -2.34. The number of aromatic hydroxyl groups is 2. The number of hydrogen-bond acceptors (Lipinski definition) is 4. The van der Waals surface area contributed by atoms with Crippen LogP contribution in [0.25, 0.3) is 0 Å². The first-order valence-electron chi connectivity index (χ1n) is 5.82. The predicted molar refractivity (Wildman–Crippen MR) is 67.4 cm³/mol. The van der Waals surface area contributed by atoms with Gasteiger partial charge < -0.3 is 20.2 Å². The SMILES string of the molecule is CC(Cc1ccc(O)c(O)c1)C(=O)N(C)CCO. The molecule has 0 heterocycles. The van der Waals surface area contributed by atoms with Crippen LogP contribution in [-0.4, -0.2) is 46.3 Å². The van der Waals surface area contributed by atoms with Gasteiger partial charge in [0.15, 0.2) is 11.5 Å². The smallest absolute Gasteiger partial charge is 0.225 e. The van der Waals surface area contributed by atoms with Gasteiger partial charge in [0, 0.05) is 19.5 Å². The van der Waals surface area contributed by atoms with Crippen LogP contribution in [-0.2, 0) is 11.2 Å². The van der Waals surface area contributed by atoms with Crippen LogP contribution in [0.1, 0.15) is 12.5 Å². The Morgan fingerprint density at radius 2 is 2.00 bits per heavy atom. The van der Waals surface area contributed by atoms with Crippen molar-refractivity contribution >= 4 is 5.91 Å². The van der Waals surface area contributed by atoms with Crippen LogP contribution >= 0.6 is 0 Å². The number of carbonyl (C=O) groups is 1. The Kier molecular flexibility index (Phi) is 4.97. The second-order valence-electron chi connectivity index (χ2n) is 4.41. The average molecular weight is 253 g/mol. The maximum atomic E-state index is 11.9. The molecular weight excluding hydrogens is 234 g/mol. The number of hydrogen-bond donors (Lipinski definition) is 3. The Bertz CT molecular complexity index is 419. The maximum Gasteiger partial charge on any atom is 0.225 e. The summed E-state index contributed by atoms with van der Waals surface area (Å²) in [7, 11) is 1.64. The van der Waals surface area contributed by atoms with E-state index >= 15 is 0 Å². The predicted octanol–water partition coefficient (Wildman–Crippen LogP) is 0.727. The zero-order valence-electron chi connectivity index (χ0n) is 10.6. The van der Waals surface area contributed by atoms with Gasteiger partial charge in [-0.05, 0) is 24.1 Å². The monoisotopic (exact) mass is 253 g/mol. The molecule has 1 unspecified atom stereocenters. The maximum absolute atomic E-state index is 11.9. The van der Waals surface area contributed by atoms with E-state index in [1.165, 1.54) is 17.0 Å². The standard InChI is InChI=1S/C13H19NO4/c1-9(13(18)14(2)5-6-15)7-10-3-4-11(16)12(17)8-10/h3-4,8-9,15-17H,5-7H2,1-2H3. The summed E-state index contributed by atoms with van der Waals surface area (Å²) in [6, 6.07) is 4.52. The topological polar surface area (TPSA) is 81.0 Å². The number of rotatable bonds is 5. The van der Waals surface area contributed by atoms with Crippen LogP contribution in [0, 0.1) is 5.92 Å². The largest absolute Gasteiger partial charge is 0.504 e. The van der Waals surface area contributed by atoms with Crippen LogP contribution in [0.15, 0.2) is 18.2 Å². The summed E-state index contributed by atoms with van der Waals surface area (Å²) in [6.45, 7) is 2.04. The lowest BCUT2D eigenvalue weighted by Gasteiger charge is -2.20. The highest BCUT2D eigenvalue weighted by atomic mass is 16.3. The van der Waals surface area contributed by atoms with Gasteiger partial charge in [-0.15, -0.1) is 0 Å². The van der Waals surface area contributed by atoms with Crippen molar-refractivity contribution in [1.82, 2.24) is 4.90 Å². The first-order chi connectivity index (χ1) is 8.45. The number of aliphatic hydroxyl groups excluding tert-OH is 1. The first-order valence-corrected chi connectivity index (χ1v) is 5.82. The van der Waals surface area contributed by atoms with E-state index in [2.05, 4.69) is 0 Å². The average Bonchev–Trinajstić information content (AvgIpc) is 2.33. The summed E-state index contributed by atoms with van der Waals surface area (Å²) in [5, 5.41) is 27.3. The quantitative estimate of drug-likeness (QED) is 0.676. The minimum atomic E-state index is -0.245. The zero-order valence-corrected chi connectivity index (χ0v) is 10.6. The number of phenolic OH excluding ortho intramolecular Hbond substituents is 2. The van der Waals surface area contributed by atoms with E-state index in [0.29, 0.717) is 13.0 Å². The van der Waals surface area contributed by atoms with Crippen LogP contribution < -0.4 is 0 Å². The van der Waals surface area contributed by atoms with Crippen LogP contribution in [0.4, 0.5) is 0 Å². The summed E-state index contributed by atoms with van der Waals surface area (Å²) in [5.74, 6) is -0.659. The van der Waals surface area contributed by atoms with Crippen molar-refractivity contribution in [2.24, 2.45) is 5.92 Å². The molecular formula is C13H19NO4. The molecule has 5 heteroatoms. The van der Waals surface area contributed by atoms with E-state index in [-0.39, 0.29) is 29.9 Å². The second kappa shape index (κ2) is 6.26. The first kappa shape index (κ1) is 14.3. The van der Waals surface area contributed by atoms with E-state index in [9.17, 15) is 15.0 Å². The molecule has 1 amide bonds.